The van der Waals surface area contributed by atoms with Crippen molar-refractivity contribution in [2.24, 2.45) is 17.2 Å². The fourth-order valence-electron chi connectivity index (χ4n) is 1.58. The Morgan fingerprint density at radius 3 is 2.38 bits per heavy atom. The Morgan fingerprint density at radius 2 is 1.94 bits per heavy atom. The van der Waals surface area contributed by atoms with Crippen LogP contribution in [0.15, 0.2) is 0 Å². The van der Waals surface area contributed by atoms with Gasteiger partial charge in [0.25, 0.3) is 0 Å². The van der Waals surface area contributed by atoms with Crippen LogP contribution in [-0.4, -0.2) is 56.4 Å². The maximum Gasteiger partial charge on any atom is 0.397 e. The molecule has 0 saturated carbocycles. The van der Waals surface area contributed by atoms with Crippen molar-refractivity contribution in [1.29, 1.82) is 0 Å². The fourth-order valence-corrected chi connectivity index (χ4v) is 1.58. The molecule has 0 rings (SSSR count). The molecule has 7 heteroatoms. The van der Waals surface area contributed by atoms with Crippen molar-refractivity contribution in [1.82, 2.24) is 10.2 Å². The molecule has 1 amide bonds. The number of rotatable bonds is 9. The normalized spacial score (nSPS) is 12.8. The average Bonchev–Trinajstić information content (AvgIpc) is 2.24. The Labute approximate surface area is 95.3 Å². The van der Waals surface area contributed by atoms with Crippen molar-refractivity contribution in [3.8, 4) is 0 Å². The summed E-state index contributed by atoms with van der Waals surface area (Å²) in [5, 5.41) is 2.10. The molecule has 6 nitrogen and oxygen atoms in total. The highest BCUT2D eigenvalue weighted by molar-refractivity contribution is 5.65. The predicted octanol–water partition coefficient (Wildman–Crippen LogP) is -1.40. The minimum absolute atomic E-state index is 0.130. The van der Waals surface area contributed by atoms with Crippen LogP contribution in [-0.2, 0) is 0 Å². The second kappa shape index (κ2) is 9.46. The third-order valence-electron chi connectivity index (χ3n) is 2.37. The Morgan fingerprint density at radius 1 is 1.25 bits per heavy atom. The van der Waals surface area contributed by atoms with Gasteiger partial charge < -0.3 is 22.5 Å². The molecule has 0 aliphatic heterocycles. The van der Waals surface area contributed by atoms with E-state index in [0.717, 1.165) is 6.42 Å². The molecule has 1 unspecified atom stereocenters. The van der Waals surface area contributed by atoms with E-state index in [4.69, 9.17) is 17.2 Å². The summed E-state index contributed by atoms with van der Waals surface area (Å²) in [5.41, 5.74) is 16.6. The highest BCUT2D eigenvalue weighted by Crippen LogP contribution is 2.01. The molecule has 0 heterocycles. The van der Waals surface area contributed by atoms with Crippen molar-refractivity contribution in [2.75, 3.05) is 39.3 Å². The Kier molecular flexibility index (Phi) is 9.02. The van der Waals surface area contributed by atoms with Crippen LogP contribution < -0.4 is 22.5 Å². The second-order valence-corrected chi connectivity index (χ2v) is 3.49. The summed E-state index contributed by atoms with van der Waals surface area (Å²) in [6.07, 6.45) is -0.754. The molecule has 0 spiro atoms. The first-order valence-corrected chi connectivity index (χ1v) is 5.43. The van der Waals surface area contributed by atoms with Crippen molar-refractivity contribution < 1.29 is 9.18 Å². The minimum Gasteiger partial charge on any atom is -0.330 e. The maximum atomic E-state index is 11.9. The number of carbonyl (C=O) groups excluding carboxylic acids is 1. The van der Waals surface area contributed by atoms with E-state index in [1.807, 2.05) is 4.90 Å². The molecule has 16 heavy (non-hydrogen) atoms. The van der Waals surface area contributed by atoms with Gasteiger partial charge in [0.1, 0.15) is 0 Å². The molecule has 0 bridgehead atoms. The molecule has 1 atom stereocenters. The lowest BCUT2D eigenvalue weighted by atomic mass is 10.1. The number of halogens is 1. The summed E-state index contributed by atoms with van der Waals surface area (Å²) in [6.45, 7) is 2.93. The van der Waals surface area contributed by atoms with Gasteiger partial charge in [-0.2, -0.15) is 0 Å². The zero-order valence-corrected chi connectivity index (χ0v) is 9.49. The molecule has 0 aromatic carbocycles. The first-order chi connectivity index (χ1) is 7.65. The third-order valence-corrected chi connectivity index (χ3v) is 2.37. The molecule has 0 fully saturated rings. The first kappa shape index (κ1) is 15.2. The highest BCUT2D eigenvalue weighted by Gasteiger charge is 2.15. The van der Waals surface area contributed by atoms with Crippen molar-refractivity contribution in [3.63, 3.8) is 0 Å². The quantitative estimate of drug-likeness (QED) is 0.290. The van der Waals surface area contributed by atoms with Crippen LogP contribution in [0, 0.1) is 0 Å². The molecule has 0 aromatic rings. The number of carbonyl (C=O) groups is 1. The summed E-state index contributed by atoms with van der Waals surface area (Å²) in [6, 6.07) is 0.130. The van der Waals surface area contributed by atoms with Gasteiger partial charge in [-0.15, -0.1) is 4.39 Å². The SMILES string of the molecule is NCCC(CN)N(CCN)CCNC(=O)F. The summed E-state index contributed by atoms with van der Waals surface area (Å²) < 4.78 is 11.9. The Bertz CT molecular complexity index is 193. The maximum absolute atomic E-state index is 11.9. The van der Waals surface area contributed by atoms with Gasteiger partial charge in [-0.1, -0.05) is 0 Å². The largest absolute Gasteiger partial charge is 0.397 e. The van der Waals surface area contributed by atoms with E-state index in [1.165, 1.54) is 0 Å². The van der Waals surface area contributed by atoms with Crippen molar-refractivity contribution in [3.05, 3.63) is 0 Å². The van der Waals surface area contributed by atoms with Gasteiger partial charge >= 0.3 is 6.16 Å². The number of hydrogen-bond donors (Lipinski definition) is 4. The van der Waals surface area contributed by atoms with E-state index in [1.54, 1.807) is 0 Å². The molecule has 96 valence electrons. The van der Waals surface area contributed by atoms with Crippen LogP contribution in [0.2, 0.25) is 0 Å². The second-order valence-electron chi connectivity index (χ2n) is 3.49. The zero-order chi connectivity index (χ0) is 12.4. The fraction of sp³-hybridized carbons (Fsp3) is 0.889. The van der Waals surface area contributed by atoms with Crippen LogP contribution in [0.1, 0.15) is 6.42 Å². The number of nitrogens with two attached hydrogens (primary N) is 3. The van der Waals surface area contributed by atoms with Crippen molar-refractivity contribution in [2.45, 2.75) is 12.5 Å². The Balaban J connectivity index is 4.06. The van der Waals surface area contributed by atoms with Crippen molar-refractivity contribution >= 4 is 6.16 Å². The summed E-state index contributed by atoms with van der Waals surface area (Å²) in [7, 11) is 0. The molecule has 0 saturated heterocycles. The molecule has 0 radical (unpaired) electrons. The smallest absolute Gasteiger partial charge is 0.330 e. The summed E-state index contributed by atoms with van der Waals surface area (Å²) in [4.78, 5) is 12.1. The van der Waals surface area contributed by atoms with E-state index in [-0.39, 0.29) is 12.6 Å². The van der Waals surface area contributed by atoms with Gasteiger partial charge in [-0.05, 0) is 13.0 Å². The van der Waals surface area contributed by atoms with Gasteiger partial charge in [0.05, 0.1) is 0 Å². The molecule has 0 aromatic heterocycles. The van der Waals surface area contributed by atoms with Crippen LogP contribution in [0.5, 0.6) is 0 Å². The number of hydrogen-bond acceptors (Lipinski definition) is 5. The standard InChI is InChI=1S/C9H22FN5O/c10-9(16)14-4-6-15(5-3-12)8(7-13)1-2-11/h8H,1-7,11-13H2,(H,14,16). The Hall–Kier alpha value is -0.760. The lowest BCUT2D eigenvalue weighted by molar-refractivity contribution is 0.192. The average molecular weight is 235 g/mol. The van der Waals surface area contributed by atoms with Crippen LogP contribution in [0.3, 0.4) is 0 Å². The van der Waals surface area contributed by atoms with E-state index in [2.05, 4.69) is 5.32 Å². The van der Waals surface area contributed by atoms with Crippen LogP contribution in [0.4, 0.5) is 9.18 Å². The lowest BCUT2D eigenvalue weighted by Crippen LogP contribution is -2.47. The molecular formula is C9H22FN5O. The number of nitrogens with zero attached hydrogens (tertiary/aromatic N) is 1. The van der Waals surface area contributed by atoms with E-state index in [9.17, 15) is 9.18 Å². The topological polar surface area (TPSA) is 110 Å². The first-order valence-electron chi connectivity index (χ1n) is 5.43. The van der Waals surface area contributed by atoms with E-state index < -0.39 is 6.16 Å². The van der Waals surface area contributed by atoms with Crippen LogP contribution >= 0.6 is 0 Å². The van der Waals surface area contributed by atoms with E-state index in [0.29, 0.717) is 32.7 Å². The lowest BCUT2D eigenvalue weighted by Gasteiger charge is -2.30. The number of nitrogens with one attached hydrogen (secondary N) is 1. The molecule has 0 aliphatic rings. The van der Waals surface area contributed by atoms with E-state index >= 15 is 0 Å². The van der Waals surface area contributed by atoms with Gasteiger partial charge in [0, 0.05) is 38.8 Å². The third kappa shape index (κ3) is 6.67. The predicted molar refractivity (Wildman–Crippen MR) is 61.6 cm³/mol. The van der Waals surface area contributed by atoms with Gasteiger partial charge in [0.15, 0.2) is 0 Å². The zero-order valence-electron chi connectivity index (χ0n) is 9.49. The van der Waals surface area contributed by atoms with Crippen LogP contribution in [0.25, 0.3) is 0 Å². The highest BCUT2D eigenvalue weighted by atomic mass is 19.1. The summed E-state index contributed by atoms with van der Waals surface area (Å²) >= 11 is 0. The monoisotopic (exact) mass is 235 g/mol. The molecular weight excluding hydrogens is 213 g/mol. The minimum atomic E-state index is -1.52. The molecule has 0 aliphatic carbocycles. The van der Waals surface area contributed by atoms with Gasteiger partial charge in [-0.25, -0.2) is 4.79 Å². The summed E-state index contributed by atoms with van der Waals surface area (Å²) in [5.74, 6) is 0. The van der Waals surface area contributed by atoms with Gasteiger partial charge in [0.2, 0.25) is 0 Å². The molecule has 7 N–H and O–H groups in total. The van der Waals surface area contributed by atoms with Gasteiger partial charge in [-0.3, -0.25) is 4.90 Å². The number of amides is 1.